The van der Waals surface area contributed by atoms with E-state index >= 15 is 0 Å². The lowest BCUT2D eigenvalue weighted by molar-refractivity contribution is 0.0465. The van der Waals surface area contributed by atoms with Crippen LogP contribution in [0.1, 0.15) is 23.3 Å². The lowest BCUT2D eigenvalue weighted by atomic mass is 10.5. The molecule has 0 bridgehead atoms. The molecule has 0 spiro atoms. The molecule has 1 N–H and O–H groups in total. The number of nitrogens with one attached hydrogen (secondary N) is 1. The Kier molecular flexibility index (Phi) is 1.34. The summed E-state index contributed by atoms with van der Waals surface area (Å²) in [5, 5.41) is 9.42. The molecule has 2 rings (SSSR count). The molecule has 0 saturated heterocycles. The van der Waals surface area contributed by atoms with Gasteiger partial charge in [0.2, 0.25) is 0 Å². The zero-order valence-electron chi connectivity index (χ0n) is 5.78. The minimum absolute atomic E-state index is 0.124. The molecule has 1 saturated carbocycles. The standard InChI is InChI=1S/C6H7N3O2/c10-6(11-4-1-2-4)5-3-7-9-8-5/h3-4H,1-2H2,(H,7,8,9). The largest absolute Gasteiger partial charge is 0.458 e. The van der Waals surface area contributed by atoms with Crippen molar-refractivity contribution in [1.29, 1.82) is 0 Å². The smallest absolute Gasteiger partial charge is 0.360 e. The van der Waals surface area contributed by atoms with Crippen LogP contribution in [0.15, 0.2) is 6.20 Å². The maximum absolute atomic E-state index is 11.0. The number of nitrogens with zero attached hydrogens (tertiary/aromatic N) is 2. The highest BCUT2D eigenvalue weighted by atomic mass is 16.5. The lowest BCUT2D eigenvalue weighted by Gasteiger charge is -1.96. The summed E-state index contributed by atoms with van der Waals surface area (Å²) in [6, 6.07) is 0. The highest BCUT2D eigenvalue weighted by Gasteiger charge is 2.27. The van der Waals surface area contributed by atoms with Gasteiger partial charge in [0.05, 0.1) is 6.20 Å². The van der Waals surface area contributed by atoms with Crippen molar-refractivity contribution in [2.75, 3.05) is 0 Å². The van der Waals surface area contributed by atoms with Crippen LogP contribution in [0.3, 0.4) is 0 Å². The Hall–Kier alpha value is -1.39. The molecule has 1 aromatic heterocycles. The summed E-state index contributed by atoms with van der Waals surface area (Å²) in [5.41, 5.74) is 0.247. The predicted octanol–water partition coefficient (Wildman–Crippen LogP) is 0.124. The van der Waals surface area contributed by atoms with E-state index < -0.39 is 0 Å². The summed E-state index contributed by atoms with van der Waals surface area (Å²) >= 11 is 0. The van der Waals surface area contributed by atoms with Crippen molar-refractivity contribution in [3.8, 4) is 0 Å². The quantitative estimate of drug-likeness (QED) is 0.613. The van der Waals surface area contributed by atoms with Crippen LogP contribution in [-0.2, 0) is 4.74 Å². The van der Waals surface area contributed by atoms with Crippen LogP contribution in [-0.4, -0.2) is 27.5 Å². The number of hydrogen-bond acceptors (Lipinski definition) is 4. The SMILES string of the molecule is O=C(OC1CC1)c1cn[nH]n1. The van der Waals surface area contributed by atoms with Crippen molar-refractivity contribution in [2.24, 2.45) is 0 Å². The molecule has 5 nitrogen and oxygen atoms in total. The third kappa shape index (κ3) is 1.36. The molecule has 1 aromatic rings. The third-order valence-electron chi connectivity index (χ3n) is 1.42. The first-order chi connectivity index (χ1) is 5.36. The summed E-state index contributed by atoms with van der Waals surface area (Å²) in [6.45, 7) is 0. The van der Waals surface area contributed by atoms with E-state index in [2.05, 4.69) is 15.4 Å². The molecule has 0 aliphatic heterocycles. The number of hydrogen-bond donors (Lipinski definition) is 1. The monoisotopic (exact) mass is 153 g/mol. The average Bonchev–Trinajstić information content (AvgIpc) is 2.67. The highest BCUT2D eigenvalue weighted by Crippen LogP contribution is 2.24. The predicted molar refractivity (Wildman–Crippen MR) is 34.8 cm³/mol. The lowest BCUT2D eigenvalue weighted by Crippen LogP contribution is -2.06. The number of carbonyl (C=O) groups is 1. The van der Waals surface area contributed by atoms with E-state index in [0.29, 0.717) is 0 Å². The van der Waals surface area contributed by atoms with Crippen LogP contribution in [0.4, 0.5) is 0 Å². The summed E-state index contributed by atoms with van der Waals surface area (Å²) in [4.78, 5) is 11.0. The summed E-state index contributed by atoms with van der Waals surface area (Å²) < 4.78 is 4.94. The van der Waals surface area contributed by atoms with Crippen LogP contribution >= 0.6 is 0 Å². The molecular weight excluding hydrogens is 146 g/mol. The van der Waals surface area contributed by atoms with Gasteiger partial charge in [-0.25, -0.2) is 4.79 Å². The van der Waals surface area contributed by atoms with E-state index in [-0.39, 0.29) is 17.8 Å². The van der Waals surface area contributed by atoms with Crippen molar-refractivity contribution >= 4 is 5.97 Å². The zero-order valence-corrected chi connectivity index (χ0v) is 5.78. The van der Waals surface area contributed by atoms with Crippen molar-refractivity contribution in [2.45, 2.75) is 18.9 Å². The van der Waals surface area contributed by atoms with Crippen LogP contribution in [0, 0.1) is 0 Å². The van der Waals surface area contributed by atoms with Gasteiger partial charge in [-0.05, 0) is 12.8 Å². The Labute approximate surface area is 62.7 Å². The molecule has 5 heteroatoms. The van der Waals surface area contributed by atoms with E-state index in [9.17, 15) is 4.79 Å². The van der Waals surface area contributed by atoms with Crippen molar-refractivity contribution in [1.82, 2.24) is 15.4 Å². The molecule has 0 atom stereocenters. The number of H-pyrrole nitrogens is 1. The molecule has 1 fully saturated rings. The first-order valence-electron chi connectivity index (χ1n) is 3.43. The average molecular weight is 153 g/mol. The maximum Gasteiger partial charge on any atom is 0.360 e. The molecule has 0 radical (unpaired) electrons. The fraction of sp³-hybridized carbons (Fsp3) is 0.500. The molecular formula is C6H7N3O2. The molecule has 11 heavy (non-hydrogen) atoms. The van der Waals surface area contributed by atoms with Gasteiger partial charge in [0, 0.05) is 0 Å². The summed E-state index contributed by atoms with van der Waals surface area (Å²) in [5.74, 6) is -0.388. The van der Waals surface area contributed by atoms with Crippen LogP contribution < -0.4 is 0 Å². The second kappa shape index (κ2) is 2.34. The fourth-order valence-electron chi connectivity index (χ4n) is 0.698. The van der Waals surface area contributed by atoms with E-state index in [4.69, 9.17) is 4.74 Å². The molecule has 1 aliphatic carbocycles. The number of ether oxygens (including phenoxy) is 1. The number of aromatic nitrogens is 3. The fourth-order valence-corrected chi connectivity index (χ4v) is 0.698. The zero-order chi connectivity index (χ0) is 7.68. The van der Waals surface area contributed by atoms with Crippen LogP contribution in [0.25, 0.3) is 0 Å². The molecule has 1 aliphatic rings. The van der Waals surface area contributed by atoms with Gasteiger partial charge in [-0.2, -0.15) is 10.3 Å². The van der Waals surface area contributed by atoms with Gasteiger partial charge in [0.1, 0.15) is 6.10 Å². The Balaban J connectivity index is 1.99. The molecule has 0 aromatic carbocycles. The number of esters is 1. The molecule has 1 heterocycles. The first kappa shape index (κ1) is 6.33. The van der Waals surface area contributed by atoms with Gasteiger partial charge >= 0.3 is 5.97 Å². The van der Waals surface area contributed by atoms with E-state index in [0.717, 1.165) is 12.8 Å². The third-order valence-corrected chi connectivity index (χ3v) is 1.42. The Bertz CT molecular complexity index is 253. The number of aromatic amines is 1. The second-order valence-electron chi connectivity index (χ2n) is 2.46. The van der Waals surface area contributed by atoms with E-state index in [1.165, 1.54) is 6.20 Å². The molecule has 0 unspecified atom stereocenters. The van der Waals surface area contributed by atoms with Gasteiger partial charge in [-0.3, -0.25) is 0 Å². The minimum Gasteiger partial charge on any atom is -0.458 e. The van der Waals surface area contributed by atoms with Gasteiger partial charge in [0.15, 0.2) is 5.69 Å². The topological polar surface area (TPSA) is 67.9 Å². The highest BCUT2D eigenvalue weighted by molar-refractivity contribution is 5.86. The molecule has 0 amide bonds. The second-order valence-corrected chi connectivity index (χ2v) is 2.46. The first-order valence-corrected chi connectivity index (χ1v) is 3.43. The van der Waals surface area contributed by atoms with Gasteiger partial charge in [-0.15, -0.1) is 5.10 Å². The Morgan fingerprint density at radius 3 is 3.09 bits per heavy atom. The normalized spacial score (nSPS) is 16.4. The minimum atomic E-state index is -0.388. The van der Waals surface area contributed by atoms with E-state index in [1.54, 1.807) is 0 Å². The van der Waals surface area contributed by atoms with Crippen LogP contribution in [0.5, 0.6) is 0 Å². The van der Waals surface area contributed by atoms with Gasteiger partial charge in [-0.1, -0.05) is 0 Å². The van der Waals surface area contributed by atoms with E-state index in [1.807, 2.05) is 0 Å². The molecule has 58 valence electrons. The van der Waals surface area contributed by atoms with Crippen molar-refractivity contribution in [3.05, 3.63) is 11.9 Å². The Morgan fingerprint density at radius 2 is 2.55 bits per heavy atom. The summed E-state index contributed by atoms with van der Waals surface area (Å²) in [6.07, 6.45) is 3.43. The number of rotatable bonds is 2. The van der Waals surface area contributed by atoms with Crippen LogP contribution in [0.2, 0.25) is 0 Å². The van der Waals surface area contributed by atoms with Crippen molar-refractivity contribution in [3.63, 3.8) is 0 Å². The summed E-state index contributed by atoms with van der Waals surface area (Å²) in [7, 11) is 0. The number of carbonyl (C=O) groups excluding carboxylic acids is 1. The van der Waals surface area contributed by atoms with Crippen molar-refractivity contribution < 1.29 is 9.53 Å². The maximum atomic E-state index is 11.0. The van der Waals surface area contributed by atoms with Gasteiger partial charge < -0.3 is 4.74 Å². The van der Waals surface area contributed by atoms with Gasteiger partial charge in [0.25, 0.3) is 0 Å². The Morgan fingerprint density at radius 1 is 1.73 bits per heavy atom.